The van der Waals surface area contributed by atoms with Crippen LogP contribution in [0.4, 0.5) is 0 Å². The normalized spacial score (nSPS) is 8.90. The van der Waals surface area contributed by atoms with Crippen LogP contribution in [0.15, 0.2) is 12.4 Å². The number of aryl methyl sites for hydroxylation is 1. The van der Waals surface area contributed by atoms with Crippen LogP contribution in [-0.4, -0.2) is 4.98 Å². The molecule has 0 N–H and O–H groups in total. The molecule has 0 amide bonds. The highest BCUT2D eigenvalue weighted by Crippen LogP contribution is 2.08. The molecule has 50 valence electrons. The molecule has 0 unspecified atom stereocenters. The van der Waals surface area contributed by atoms with Gasteiger partial charge in [0.25, 0.3) is 0 Å². The Kier molecular flexibility index (Phi) is 1.68. The van der Waals surface area contributed by atoms with E-state index in [4.69, 9.17) is 5.26 Å². The van der Waals surface area contributed by atoms with Gasteiger partial charge < -0.3 is 0 Å². The van der Waals surface area contributed by atoms with E-state index >= 15 is 0 Å². The fraction of sp³-hybridized carbons (Fsp3) is 0.250. The van der Waals surface area contributed by atoms with Crippen LogP contribution in [0.1, 0.15) is 16.7 Å². The van der Waals surface area contributed by atoms with Crippen LogP contribution in [0.25, 0.3) is 0 Å². The minimum absolute atomic E-state index is 0.667. The third kappa shape index (κ3) is 0.985. The van der Waals surface area contributed by atoms with Crippen LogP contribution >= 0.6 is 0 Å². The summed E-state index contributed by atoms with van der Waals surface area (Å²) in [5.41, 5.74) is 2.76. The lowest BCUT2D eigenvalue weighted by Gasteiger charge is -1.97. The minimum Gasteiger partial charge on any atom is -0.263 e. The summed E-state index contributed by atoms with van der Waals surface area (Å²) in [5, 5.41) is 8.55. The Morgan fingerprint density at radius 1 is 1.40 bits per heavy atom. The van der Waals surface area contributed by atoms with Crippen molar-refractivity contribution in [2.75, 3.05) is 0 Å². The third-order valence-electron chi connectivity index (χ3n) is 1.59. The van der Waals surface area contributed by atoms with E-state index in [-0.39, 0.29) is 0 Å². The average Bonchev–Trinajstić information content (AvgIpc) is 1.95. The van der Waals surface area contributed by atoms with E-state index in [2.05, 4.69) is 11.1 Å². The molecule has 10 heavy (non-hydrogen) atoms. The van der Waals surface area contributed by atoms with Crippen LogP contribution in [0.2, 0.25) is 0 Å². The highest BCUT2D eigenvalue weighted by atomic mass is 14.6. The van der Waals surface area contributed by atoms with Crippen molar-refractivity contribution < 1.29 is 0 Å². The summed E-state index contributed by atoms with van der Waals surface area (Å²) in [6.45, 7) is 3.87. The number of hydrogen-bond donors (Lipinski definition) is 0. The maximum absolute atomic E-state index is 8.55. The van der Waals surface area contributed by atoms with Crippen molar-refractivity contribution in [1.29, 1.82) is 5.26 Å². The van der Waals surface area contributed by atoms with Gasteiger partial charge >= 0.3 is 0 Å². The van der Waals surface area contributed by atoms with Crippen molar-refractivity contribution in [3.8, 4) is 6.07 Å². The van der Waals surface area contributed by atoms with Gasteiger partial charge in [0.1, 0.15) is 6.07 Å². The number of aromatic nitrogens is 1. The minimum atomic E-state index is 0.667. The molecule has 2 heteroatoms. The second-order valence-electron chi connectivity index (χ2n) is 2.24. The van der Waals surface area contributed by atoms with E-state index in [1.54, 1.807) is 12.4 Å². The van der Waals surface area contributed by atoms with E-state index in [1.807, 2.05) is 13.8 Å². The van der Waals surface area contributed by atoms with Gasteiger partial charge in [0.05, 0.1) is 5.56 Å². The van der Waals surface area contributed by atoms with Gasteiger partial charge in [-0.25, -0.2) is 0 Å². The molecule has 0 fully saturated rings. The van der Waals surface area contributed by atoms with Crippen molar-refractivity contribution in [3.05, 3.63) is 29.1 Å². The van der Waals surface area contributed by atoms with Gasteiger partial charge in [-0.3, -0.25) is 4.98 Å². The van der Waals surface area contributed by atoms with E-state index in [9.17, 15) is 0 Å². The average molecular weight is 132 g/mol. The molecule has 0 aromatic carbocycles. The first-order valence-corrected chi connectivity index (χ1v) is 3.07. The summed E-state index contributed by atoms with van der Waals surface area (Å²) in [5.74, 6) is 0. The molecule has 0 aliphatic heterocycles. The van der Waals surface area contributed by atoms with Gasteiger partial charge in [0.15, 0.2) is 0 Å². The lowest BCUT2D eigenvalue weighted by Crippen LogP contribution is -1.87. The van der Waals surface area contributed by atoms with E-state index in [1.165, 1.54) is 0 Å². The maximum atomic E-state index is 8.55. The molecule has 0 aliphatic rings. The zero-order valence-electron chi connectivity index (χ0n) is 6.05. The molecular weight excluding hydrogens is 124 g/mol. The zero-order valence-corrected chi connectivity index (χ0v) is 6.05. The highest BCUT2D eigenvalue weighted by molar-refractivity contribution is 5.38. The molecule has 1 heterocycles. The second-order valence-corrected chi connectivity index (χ2v) is 2.24. The fourth-order valence-corrected chi connectivity index (χ4v) is 0.742. The van der Waals surface area contributed by atoms with E-state index in [0.29, 0.717) is 5.56 Å². The molecule has 1 aromatic heterocycles. The summed E-state index contributed by atoms with van der Waals surface area (Å²) in [6, 6.07) is 2.07. The zero-order chi connectivity index (χ0) is 7.56. The summed E-state index contributed by atoms with van der Waals surface area (Å²) in [6.07, 6.45) is 3.35. The van der Waals surface area contributed by atoms with Crippen LogP contribution in [0.3, 0.4) is 0 Å². The molecule has 2 nitrogen and oxygen atoms in total. The predicted octanol–water partition coefficient (Wildman–Crippen LogP) is 1.57. The van der Waals surface area contributed by atoms with E-state index in [0.717, 1.165) is 11.1 Å². The molecule has 1 rings (SSSR count). The largest absolute Gasteiger partial charge is 0.263 e. The number of hydrogen-bond acceptors (Lipinski definition) is 2. The number of nitriles is 1. The smallest absolute Gasteiger partial charge is 0.101 e. The van der Waals surface area contributed by atoms with Crippen LogP contribution in [0.5, 0.6) is 0 Å². The Bertz CT molecular complexity index is 284. The highest BCUT2D eigenvalue weighted by Gasteiger charge is 1.97. The number of rotatable bonds is 0. The Morgan fingerprint density at radius 3 is 2.60 bits per heavy atom. The molecule has 0 spiro atoms. The topological polar surface area (TPSA) is 36.7 Å². The SMILES string of the molecule is Cc1cncc(C#N)c1C. The fourth-order valence-electron chi connectivity index (χ4n) is 0.742. The summed E-state index contributed by atoms with van der Waals surface area (Å²) in [4.78, 5) is 3.89. The monoisotopic (exact) mass is 132 g/mol. The Balaban J connectivity index is 3.31. The molecule has 0 radical (unpaired) electrons. The van der Waals surface area contributed by atoms with Gasteiger partial charge in [-0.2, -0.15) is 5.26 Å². The second kappa shape index (κ2) is 2.49. The quantitative estimate of drug-likeness (QED) is 0.537. The maximum Gasteiger partial charge on any atom is 0.101 e. The lowest BCUT2D eigenvalue weighted by atomic mass is 10.1. The molecule has 0 atom stereocenters. The molecule has 0 aliphatic carbocycles. The first-order chi connectivity index (χ1) is 4.75. The van der Waals surface area contributed by atoms with Gasteiger partial charge in [0.2, 0.25) is 0 Å². The van der Waals surface area contributed by atoms with Gasteiger partial charge in [-0.15, -0.1) is 0 Å². The van der Waals surface area contributed by atoms with E-state index < -0.39 is 0 Å². The van der Waals surface area contributed by atoms with Gasteiger partial charge in [-0.1, -0.05) is 0 Å². The third-order valence-corrected chi connectivity index (χ3v) is 1.59. The predicted molar refractivity (Wildman–Crippen MR) is 38.4 cm³/mol. The van der Waals surface area contributed by atoms with Crippen molar-refractivity contribution >= 4 is 0 Å². The number of pyridine rings is 1. The van der Waals surface area contributed by atoms with Crippen LogP contribution in [-0.2, 0) is 0 Å². The van der Waals surface area contributed by atoms with Gasteiger partial charge in [-0.05, 0) is 25.0 Å². The molecular formula is C8H8N2. The number of nitrogens with zero attached hydrogens (tertiary/aromatic N) is 2. The molecule has 1 aromatic rings. The molecule has 0 saturated heterocycles. The standard InChI is InChI=1S/C8H8N2/c1-6-4-10-5-8(3-9)7(6)2/h4-5H,1-2H3. The molecule has 0 bridgehead atoms. The van der Waals surface area contributed by atoms with Crippen molar-refractivity contribution in [1.82, 2.24) is 4.98 Å². The summed E-state index contributed by atoms with van der Waals surface area (Å²) < 4.78 is 0. The van der Waals surface area contributed by atoms with Gasteiger partial charge in [0, 0.05) is 12.4 Å². The first-order valence-electron chi connectivity index (χ1n) is 3.07. The summed E-state index contributed by atoms with van der Waals surface area (Å²) >= 11 is 0. The lowest BCUT2D eigenvalue weighted by molar-refractivity contribution is 1.19. The molecule has 0 saturated carbocycles. The Labute approximate surface area is 60.1 Å². The van der Waals surface area contributed by atoms with Crippen LogP contribution in [0, 0.1) is 25.2 Å². The van der Waals surface area contributed by atoms with Crippen molar-refractivity contribution in [3.63, 3.8) is 0 Å². The van der Waals surface area contributed by atoms with Crippen LogP contribution < -0.4 is 0 Å². The first kappa shape index (κ1) is 6.76. The Hall–Kier alpha value is -1.36. The Morgan fingerprint density at radius 2 is 2.10 bits per heavy atom. The van der Waals surface area contributed by atoms with Crippen molar-refractivity contribution in [2.24, 2.45) is 0 Å². The summed E-state index contributed by atoms with van der Waals surface area (Å²) in [7, 11) is 0. The van der Waals surface area contributed by atoms with Crippen molar-refractivity contribution in [2.45, 2.75) is 13.8 Å².